The van der Waals surface area contributed by atoms with Gasteiger partial charge in [-0.25, -0.2) is 4.98 Å². The number of imidazole rings is 1. The first-order valence-electron chi connectivity index (χ1n) is 6.48. The highest BCUT2D eigenvalue weighted by Crippen LogP contribution is 2.09. The van der Waals surface area contributed by atoms with Crippen molar-refractivity contribution in [3.63, 3.8) is 0 Å². The normalized spacial score (nSPS) is 11.4. The van der Waals surface area contributed by atoms with Crippen LogP contribution in [0.25, 0.3) is 6.08 Å². The number of carbonyl (C=O) groups excluding carboxylic acids is 1. The number of benzene rings is 1. The second-order valence-electron chi connectivity index (χ2n) is 5.10. The van der Waals surface area contributed by atoms with E-state index >= 15 is 0 Å². The maximum Gasteiger partial charge on any atom is 0.185 e. The van der Waals surface area contributed by atoms with E-state index in [9.17, 15) is 4.79 Å². The Kier molecular flexibility index (Phi) is 4.48. The van der Waals surface area contributed by atoms with E-state index in [1.807, 2.05) is 56.2 Å². The molecule has 1 aromatic heterocycles. The summed E-state index contributed by atoms with van der Waals surface area (Å²) >= 11 is 0. The molecule has 0 amide bonds. The molecule has 0 aliphatic heterocycles. The predicted molar refractivity (Wildman–Crippen MR) is 80.4 cm³/mol. The lowest BCUT2D eigenvalue weighted by atomic mass is 10.1. The Morgan fingerprint density at radius 3 is 2.85 bits per heavy atom. The summed E-state index contributed by atoms with van der Waals surface area (Å²) in [7, 11) is 5.92. The second-order valence-corrected chi connectivity index (χ2v) is 5.10. The van der Waals surface area contributed by atoms with E-state index in [1.165, 1.54) is 0 Å². The zero-order valence-electron chi connectivity index (χ0n) is 12.1. The number of hydrogen-bond acceptors (Lipinski definition) is 3. The van der Waals surface area contributed by atoms with Crippen molar-refractivity contribution in [1.82, 2.24) is 14.5 Å². The molecule has 0 N–H and O–H groups in total. The molecule has 0 atom stereocenters. The molecule has 0 aliphatic rings. The maximum atomic E-state index is 12.1. The van der Waals surface area contributed by atoms with Gasteiger partial charge in [-0.05, 0) is 37.9 Å². The zero-order valence-corrected chi connectivity index (χ0v) is 12.1. The van der Waals surface area contributed by atoms with Gasteiger partial charge in [0.15, 0.2) is 5.78 Å². The van der Waals surface area contributed by atoms with Crippen molar-refractivity contribution in [2.45, 2.75) is 6.54 Å². The highest BCUT2D eigenvalue weighted by atomic mass is 16.1. The van der Waals surface area contributed by atoms with E-state index in [1.54, 1.807) is 18.5 Å². The smallest absolute Gasteiger partial charge is 0.185 e. The summed E-state index contributed by atoms with van der Waals surface area (Å²) in [6, 6.07) is 7.72. The number of nitrogens with zero attached hydrogens (tertiary/aromatic N) is 3. The van der Waals surface area contributed by atoms with Crippen LogP contribution in [0.4, 0.5) is 0 Å². The highest BCUT2D eigenvalue weighted by molar-refractivity contribution is 6.06. The largest absolute Gasteiger partial charge is 0.340 e. The van der Waals surface area contributed by atoms with Gasteiger partial charge >= 0.3 is 0 Å². The van der Waals surface area contributed by atoms with Crippen molar-refractivity contribution >= 4 is 11.9 Å². The minimum atomic E-state index is -0.00346. The fourth-order valence-electron chi connectivity index (χ4n) is 1.96. The molecule has 2 rings (SSSR count). The van der Waals surface area contributed by atoms with E-state index in [4.69, 9.17) is 0 Å². The fraction of sp³-hybridized carbons (Fsp3) is 0.250. The van der Waals surface area contributed by atoms with Crippen LogP contribution in [-0.4, -0.2) is 34.3 Å². The van der Waals surface area contributed by atoms with Gasteiger partial charge in [0.25, 0.3) is 0 Å². The van der Waals surface area contributed by atoms with Crippen LogP contribution in [0.3, 0.4) is 0 Å². The Morgan fingerprint density at radius 1 is 1.40 bits per heavy atom. The molecule has 4 heteroatoms. The Labute approximate surface area is 119 Å². The molecule has 0 bridgehead atoms. The van der Waals surface area contributed by atoms with Crippen molar-refractivity contribution < 1.29 is 4.79 Å². The molecule has 104 valence electrons. The third-order valence-corrected chi connectivity index (χ3v) is 2.84. The molecule has 0 unspecified atom stereocenters. The number of allylic oxidation sites excluding steroid dienone is 1. The number of carbonyl (C=O) groups is 1. The first-order chi connectivity index (χ1) is 9.54. The molecule has 1 heterocycles. The van der Waals surface area contributed by atoms with Crippen molar-refractivity contribution in [3.8, 4) is 0 Å². The van der Waals surface area contributed by atoms with Gasteiger partial charge in [-0.1, -0.05) is 18.2 Å². The van der Waals surface area contributed by atoms with E-state index in [2.05, 4.69) is 9.88 Å². The summed E-state index contributed by atoms with van der Waals surface area (Å²) in [4.78, 5) is 18.4. The van der Waals surface area contributed by atoms with Gasteiger partial charge in [0.05, 0.1) is 12.0 Å². The van der Waals surface area contributed by atoms with Crippen LogP contribution in [-0.2, 0) is 13.6 Å². The Bertz CT molecular complexity index is 626. The quantitative estimate of drug-likeness (QED) is 0.618. The number of rotatable bonds is 5. The molecular weight excluding hydrogens is 250 g/mol. The van der Waals surface area contributed by atoms with Gasteiger partial charge < -0.3 is 9.47 Å². The predicted octanol–water partition coefficient (Wildman–Crippen LogP) is 2.38. The number of aromatic nitrogens is 2. The molecule has 0 saturated carbocycles. The fourth-order valence-corrected chi connectivity index (χ4v) is 1.96. The monoisotopic (exact) mass is 269 g/mol. The highest BCUT2D eigenvalue weighted by Gasteiger charge is 2.04. The summed E-state index contributed by atoms with van der Waals surface area (Å²) in [5.41, 5.74) is 2.62. The molecule has 0 spiro atoms. The summed E-state index contributed by atoms with van der Waals surface area (Å²) in [6.45, 7) is 0.824. The minimum Gasteiger partial charge on any atom is -0.340 e. The van der Waals surface area contributed by atoms with Crippen LogP contribution in [0.2, 0.25) is 0 Å². The minimum absolute atomic E-state index is 0.00346. The molecular formula is C16H19N3O. The van der Waals surface area contributed by atoms with Crippen LogP contribution in [0.15, 0.2) is 42.9 Å². The molecule has 1 aromatic carbocycles. The maximum absolute atomic E-state index is 12.1. The van der Waals surface area contributed by atoms with Crippen LogP contribution < -0.4 is 0 Å². The zero-order chi connectivity index (χ0) is 14.5. The summed E-state index contributed by atoms with van der Waals surface area (Å²) < 4.78 is 1.85. The number of hydrogen-bond donors (Lipinski definition) is 0. The SMILES string of the molecule is CN(C)Cc1cccc(C(=O)/C=C/c2cn(C)cn2)c1. The van der Waals surface area contributed by atoms with Crippen LogP contribution in [0, 0.1) is 0 Å². The molecule has 0 saturated heterocycles. The lowest BCUT2D eigenvalue weighted by molar-refractivity contribution is 0.104. The van der Waals surface area contributed by atoms with Crippen molar-refractivity contribution in [2.75, 3.05) is 14.1 Å². The van der Waals surface area contributed by atoms with Crippen LogP contribution >= 0.6 is 0 Å². The van der Waals surface area contributed by atoms with Crippen molar-refractivity contribution in [3.05, 3.63) is 59.7 Å². The molecule has 20 heavy (non-hydrogen) atoms. The average Bonchev–Trinajstić information content (AvgIpc) is 2.81. The van der Waals surface area contributed by atoms with Crippen molar-refractivity contribution in [2.24, 2.45) is 7.05 Å². The Hall–Kier alpha value is -2.20. The molecule has 0 radical (unpaired) electrons. The number of ketones is 1. The van der Waals surface area contributed by atoms with E-state index in [0.29, 0.717) is 5.56 Å². The number of aryl methyl sites for hydroxylation is 1. The summed E-state index contributed by atoms with van der Waals surface area (Å²) in [5, 5.41) is 0. The standard InChI is InChI=1S/C16H19N3O/c1-18(2)10-13-5-4-6-14(9-13)16(20)8-7-15-11-19(3)12-17-15/h4-9,11-12H,10H2,1-3H3/b8-7+. The Balaban J connectivity index is 2.10. The molecule has 0 aliphatic carbocycles. The first-order valence-corrected chi connectivity index (χ1v) is 6.48. The van der Waals surface area contributed by atoms with Gasteiger partial charge in [0, 0.05) is 25.4 Å². The van der Waals surface area contributed by atoms with Crippen molar-refractivity contribution in [1.29, 1.82) is 0 Å². The van der Waals surface area contributed by atoms with E-state index in [-0.39, 0.29) is 5.78 Å². The lowest BCUT2D eigenvalue weighted by Gasteiger charge is -2.09. The first kappa shape index (κ1) is 14.2. The topological polar surface area (TPSA) is 38.1 Å². The van der Waals surface area contributed by atoms with Gasteiger partial charge in [-0.15, -0.1) is 0 Å². The van der Waals surface area contributed by atoms with Gasteiger partial charge in [-0.2, -0.15) is 0 Å². The third-order valence-electron chi connectivity index (χ3n) is 2.84. The van der Waals surface area contributed by atoms with Crippen LogP contribution in [0.1, 0.15) is 21.6 Å². The molecule has 2 aromatic rings. The molecule has 4 nitrogen and oxygen atoms in total. The molecule has 0 fully saturated rings. The average molecular weight is 269 g/mol. The Morgan fingerprint density at radius 2 is 2.20 bits per heavy atom. The van der Waals surface area contributed by atoms with Gasteiger partial charge in [0.1, 0.15) is 0 Å². The van der Waals surface area contributed by atoms with Gasteiger partial charge in [0.2, 0.25) is 0 Å². The van der Waals surface area contributed by atoms with Crippen LogP contribution in [0.5, 0.6) is 0 Å². The van der Waals surface area contributed by atoms with Gasteiger partial charge in [-0.3, -0.25) is 4.79 Å². The summed E-state index contributed by atoms with van der Waals surface area (Å²) in [6.07, 6.45) is 6.88. The third kappa shape index (κ3) is 3.90. The van der Waals surface area contributed by atoms with E-state index < -0.39 is 0 Å². The van der Waals surface area contributed by atoms with E-state index in [0.717, 1.165) is 17.8 Å². The summed E-state index contributed by atoms with van der Waals surface area (Å²) in [5.74, 6) is -0.00346. The lowest BCUT2D eigenvalue weighted by Crippen LogP contribution is -2.11. The second kappa shape index (κ2) is 6.30.